The van der Waals surface area contributed by atoms with Crippen LogP contribution in [0.15, 0.2) is 42.5 Å². The minimum Gasteiger partial charge on any atom is -0.381 e. The molecule has 18 heavy (non-hydrogen) atoms. The summed E-state index contributed by atoms with van der Waals surface area (Å²) < 4.78 is 0. The first-order valence-corrected chi connectivity index (χ1v) is 6.36. The summed E-state index contributed by atoms with van der Waals surface area (Å²) in [5.41, 5.74) is 2.99. The maximum Gasteiger partial charge on any atom is 0.112 e. The van der Waals surface area contributed by atoms with Crippen LogP contribution in [0.5, 0.6) is 0 Å². The highest BCUT2D eigenvalue weighted by atomic mass is 35.5. The molecule has 1 unspecified atom stereocenters. The first-order valence-electron chi connectivity index (χ1n) is 5.98. The van der Waals surface area contributed by atoms with Crippen LogP contribution in [0.1, 0.15) is 29.2 Å². The molecular formula is C16H17ClO. The third-order valence-corrected chi connectivity index (χ3v) is 3.75. The first kappa shape index (κ1) is 13.1. The van der Waals surface area contributed by atoms with Gasteiger partial charge >= 0.3 is 0 Å². The Kier molecular flexibility index (Phi) is 3.47. The summed E-state index contributed by atoms with van der Waals surface area (Å²) in [4.78, 5) is 0. The zero-order chi connectivity index (χ0) is 13.3. The zero-order valence-electron chi connectivity index (χ0n) is 10.9. The molecule has 0 heterocycles. The number of hydrogen-bond donors (Lipinski definition) is 1. The maximum atomic E-state index is 10.8. The van der Waals surface area contributed by atoms with Crippen molar-refractivity contribution in [2.45, 2.75) is 26.4 Å². The molecule has 1 N–H and O–H groups in total. The summed E-state index contributed by atoms with van der Waals surface area (Å²) in [7, 11) is 0. The van der Waals surface area contributed by atoms with Crippen LogP contribution in [-0.2, 0) is 5.60 Å². The van der Waals surface area contributed by atoms with E-state index in [0.29, 0.717) is 5.02 Å². The monoisotopic (exact) mass is 260 g/mol. The Morgan fingerprint density at radius 1 is 1.06 bits per heavy atom. The fourth-order valence-electron chi connectivity index (χ4n) is 2.23. The van der Waals surface area contributed by atoms with Crippen molar-refractivity contribution in [1.82, 2.24) is 0 Å². The van der Waals surface area contributed by atoms with E-state index in [0.717, 1.165) is 16.7 Å². The van der Waals surface area contributed by atoms with Gasteiger partial charge in [-0.05, 0) is 55.2 Å². The first-order chi connectivity index (χ1) is 8.43. The molecule has 1 atom stereocenters. The van der Waals surface area contributed by atoms with Crippen molar-refractivity contribution in [2.24, 2.45) is 0 Å². The average Bonchev–Trinajstić information content (AvgIpc) is 2.32. The van der Waals surface area contributed by atoms with Crippen LogP contribution in [-0.4, -0.2) is 5.11 Å². The van der Waals surface area contributed by atoms with E-state index >= 15 is 0 Å². The molecule has 0 fully saturated rings. The minimum atomic E-state index is -1.03. The van der Waals surface area contributed by atoms with Gasteiger partial charge in [-0.25, -0.2) is 0 Å². The van der Waals surface area contributed by atoms with E-state index in [9.17, 15) is 5.11 Å². The Balaban J connectivity index is 2.57. The number of hydrogen-bond acceptors (Lipinski definition) is 1. The Hall–Kier alpha value is -1.31. The van der Waals surface area contributed by atoms with Crippen LogP contribution in [0, 0.1) is 13.8 Å². The van der Waals surface area contributed by atoms with Gasteiger partial charge in [0.15, 0.2) is 0 Å². The highest BCUT2D eigenvalue weighted by Crippen LogP contribution is 2.33. The molecule has 0 amide bonds. The van der Waals surface area contributed by atoms with Gasteiger partial charge < -0.3 is 5.11 Å². The van der Waals surface area contributed by atoms with E-state index in [4.69, 9.17) is 11.6 Å². The Morgan fingerprint density at radius 3 is 2.39 bits per heavy atom. The van der Waals surface area contributed by atoms with Gasteiger partial charge in [0.2, 0.25) is 0 Å². The normalized spacial score (nSPS) is 14.3. The standard InChI is InChI=1S/C16H17ClO/c1-11-6-4-9-15(12(11)2)16(3,18)13-7-5-8-14(17)10-13/h4-10,18H,1-3H3. The lowest BCUT2D eigenvalue weighted by atomic mass is 9.84. The van der Waals surface area contributed by atoms with Crippen LogP contribution in [0.2, 0.25) is 5.02 Å². The molecule has 2 aromatic rings. The number of aryl methyl sites for hydroxylation is 1. The predicted octanol–water partition coefficient (Wildman–Crippen LogP) is 4.21. The molecule has 0 aromatic heterocycles. The summed E-state index contributed by atoms with van der Waals surface area (Å²) in [6.07, 6.45) is 0. The molecule has 2 aromatic carbocycles. The number of halogens is 1. The van der Waals surface area contributed by atoms with Crippen molar-refractivity contribution in [3.05, 3.63) is 69.7 Å². The van der Waals surface area contributed by atoms with Crippen molar-refractivity contribution >= 4 is 11.6 Å². The van der Waals surface area contributed by atoms with Crippen LogP contribution in [0.25, 0.3) is 0 Å². The molecule has 2 heteroatoms. The summed E-state index contributed by atoms with van der Waals surface area (Å²) in [5.74, 6) is 0. The highest BCUT2D eigenvalue weighted by molar-refractivity contribution is 6.30. The van der Waals surface area contributed by atoms with E-state index < -0.39 is 5.60 Å². The van der Waals surface area contributed by atoms with Gasteiger partial charge in [0.05, 0.1) is 0 Å². The van der Waals surface area contributed by atoms with Crippen molar-refractivity contribution in [1.29, 1.82) is 0 Å². The molecule has 0 saturated carbocycles. The average molecular weight is 261 g/mol. The molecule has 0 spiro atoms. The van der Waals surface area contributed by atoms with Crippen LogP contribution < -0.4 is 0 Å². The molecule has 94 valence electrons. The Labute approximate surface area is 113 Å². The highest BCUT2D eigenvalue weighted by Gasteiger charge is 2.27. The minimum absolute atomic E-state index is 0.637. The molecule has 0 aliphatic carbocycles. The summed E-state index contributed by atoms with van der Waals surface area (Å²) >= 11 is 6.00. The van der Waals surface area contributed by atoms with Gasteiger partial charge in [0, 0.05) is 5.02 Å². The predicted molar refractivity (Wildman–Crippen MR) is 76.0 cm³/mol. The van der Waals surface area contributed by atoms with Crippen LogP contribution >= 0.6 is 11.6 Å². The molecular weight excluding hydrogens is 244 g/mol. The third-order valence-electron chi connectivity index (χ3n) is 3.52. The molecule has 0 radical (unpaired) electrons. The van der Waals surface area contributed by atoms with E-state index in [1.54, 1.807) is 6.92 Å². The second-order valence-electron chi connectivity index (χ2n) is 4.83. The van der Waals surface area contributed by atoms with E-state index in [-0.39, 0.29) is 0 Å². The molecule has 0 bridgehead atoms. The van der Waals surface area contributed by atoms with Gasteiger partial charge in [-0.15, -0.1) is 0 Å². The number of rotatable bonds is 2. The van der Waals surface area contributed by atoms with Crippen molar-refractivity contribution in [3.63, 3.8) is 0 Å². The molecule has 2 rings (SSSR count). The summed E-state index contributed by atoms with van der Waals surface area (Å²) in [6.45, 7) is 5.89. The Bertz CT molecular complexity index is 573. The lowest BCUT2D eigenvalue weighted by molar-refractivity contribution is 0.101. The summed E-state index contributed by atoms with van der Waals surface area (Å²) in [6, 6.07) is 13.4. The van der Waals surface area contributed by atoms with Gasteiger partial charge in [-0.3, -0.25) is 0 Å². The van der Waals surface area contributed by atoms with Crippen molar-refractivity contribution < 1.29 is 5.11 Å². The van der Waals surface area contributed by atoms with Crippen LogP contribution in [0.3, 0.4) is 0 Å². The summed E-state index contributed by atoms with van der Waals surface area (Å²) in [5, 5.41) is 11.5. The lowest BCUT2D eigenvalue weighted by Gasteiger charge is -2.27. The molecule has 1 nitrogen and oxygen atoms in total. The molecule has 0 aliphatic rings. The third kappa shape index (κ3) is 2.29. The molecule has 0 saturated heterocycles. The molecule has 0 aliphatic heterocycles. The maximum absolute atomic E-state index is 10.8. The van der Waals surface area contributed by atoms with Gasteiger partial charge in [-0.1, -0.05) is 41.9 Å². The lowest BCUT2D eigenvalue weighted by Crippen LogP contribution is -2.24. The SMILES string of the molecule is Cc1cccc(C(C)(O)c2cccc(Cl)c2)c1C. The van der Waals surface area contributed by atoms with Crippen molar-refractivity contribution in [2.75, 3.05) is 0 Å². The van der Waals surface area contributed by atoms with Gasteiger partial charge in [0.1, 0.15) is 5.60 Å². The second kappa shape index (κ2) is 4.75. The van der Waals surface area contributed by atoms with E-state index in [1.807, 2.05) is 56.3 Å². The smallest absolute Gasteiger partial charge is 0.112 e. The van der Waals surface area contributed by atoms with Crippen molar-refractivity contribution in [3.8, 4) is 0 Å². The zero-order valence-corrected chi connectivity index (χ0v) is 11.6. The van der Waals surface area contributed by atoms with E-state index in [1.165, 1.54) is 5.56 Å². The quantitative estimate of drug-likeness (QED) is 0.858. The topological polar surface area (TPSA) is 20.2 Å². The van der Waals surface area contributed by atoms with Crippen LogP contribution in [0.4, 0.5) is 0 Å². The second-order valence-corrected chi connectivity index (χ2v) is 5.27. The number of aliphatic hydroxyl groups is 1. The largest absolute Gasteiger partial charge is 0.381 e. The van der Waals surface area contributed by atoms with Gasteiger partial charge in [0.25, 0.3) is 0 Å². The van der Waals surface area contributed by atoms with Gasteiger partial charge in [-0.2, -0.15) is 0 Å². The van der Waals surface area contributed by atoms with E-state index in [2.05, 4.69) is 0 Å². The fraction of sp³-hybridized carbons (Fsp3) is 0.250. The fourth-order valence-corrected chi connectivity index (χ4v) is 2.42. The Morgan fingerprint density at radius 2 is 1.72 bits per heavy atom. The number of benzene rings is 2.